The molecule has 1 aliphatic heterocycles. The van der Waals surface area contributed by atoms with Crippen LogP contribution in [0, 0.1) is 5.92 Å². The fourth-order valence-electron chi connectivity index (χ4n) is 2.24. The number of alkyl halides is 1. The van der Waals surface area contributed by atoms with E-state index < -0.39 is 0 Å². The van der Waals surface area contributed by atoms with Crippen LogP contribution in [0.4, 0.5) is 5.69 Å². The van der Waals surface area contributed by atoms with Gasteiger partial charge in [0.1, 0.15) is 0 Å². The minimum absolute atomic E-state index is 0.155. The molecule has 1 aromatic carbocycles. The lowest BCUT2D eigenvalue weighted by Crippen LogP contribution is -2.29. The molecule has 1 heterocycles. The van der Waals surface area contributed by atoms with Crippen LogP contribution >= 0.6 is 15.9 Å². The second kappa shape index (κ2) is 5.74. The maximum Gasteiger partial charge on any atom is 0.253 e. The second-order valence-corrected chi connectivity index (χ2v) is 5.65. The molecule has 0 aromatic heterocycles. The number of benzene rings is 1. The molecule has 0 spiro atoms. The molecule has 98 valence electrons. The van der Waals surface area contributed by atoms with Crippen molar-refractivity contribution in [2.75, 3.05) is 37.4 Å². The Morgan fingerprint density at radius 1 is 1.50 bits per heavy atom. The number of anilines is 1. The van der Waals surface area contributed by atoms with Gasteiger partial charge in [-0.05, 0) is 30.5 Å². The molecule has 1 saturated heterocycles. The van der Waals surface area contributed by atoms with Gasteiger partial charge in [0.15, 0.2) is 0 Å². The largest absolute Gasteiger partial charge is 0.378 e. The van der Waals surface area contributed by atoms with Crippen LogP contribution in [0.15, 0.2) is 24.3 Å². The highest BCUT2D eigenvalue weighted by Crippen LogP contribution is 2.21. The summed E-state index contributed by atoms with van der Waals surface area (Å²) in [5.41, 5.74) is 1.86. The van der Waals surface area contributed by atoms with Gasteiger partial charge in [-0.2, -0.15) is 0 Å². The van der Waals surface area contributed by atoms with Gasteiger partial charge >= 0.3 is 0 Å². The molecule has 0 radical (unpaired) electrons. The molecule has 1 aromatic rings. The number of likely N-dealkylation sites (tertiary alicyclic amines) is 1. The van der Waals surface area contributed by atoms with E-state index in [1.807, 2.05) is 48.2 Å². The van der Waals surface area contributed by atoms with Gasteiger partial charge in [0.05, 0.1) is 0 Å². The number of amides is 1. The fourth-order valence-corrected chi connectivity index (χ4v) is 2.77. The number of hydrogen-bond acceptors (Lipinski definition) is 2. The highest BCUT2D eigenvalue weighted by atomic mass is 79.9. The summed E-state index contributed by atoms with van der Waals surface area (Å²) in [7, 11) is 3.97. The van der Waals surface area contributed by atoms with Crippen molar-refractivity contribution in [1.82, 2.24) is 4.90 Å². The van der Waals surface area contributed by atoms with E-state index in [1.54, 1.807) is 0 Å². The molecule has 3 nitrogen and oxygen atoms in total. The molecule has 0 aliphatic carbocycles. The van der Waals surface area contributed by atoms with Gasteiger partial charge in [-0.3, -0.25) is 4.79 Å². The van der Waals surface area contributed by atoms with Crippen LogP contribution in [0.25, 0.3) is 0 Å². The Bertz CT molecular complexity index is 434. The Balaban J connectivity index is 2.12. The highest BCUT2D eigenvalue weighted by molar-refractivity contribution is 9.09. The molecule has 0 saturated carbocycles. The topological polar surface area (TPSA) is 23.6 Å². The summed E-state index contributed by atoms with van der Waals surface area (Å²) in [5, 5.41) is 0.981. The fraction of sp³-hybridized carbons (Fsp3) is 0.500. The summed E-state index contributed by atoms with van der Waals surface area (Å²) in [6.45, 7) is 1.75. The molecule has 18 heavy (non-hydrogen) atoms. The first-order valence-corrected chi connectivity index (χ1v) is 7.36. The third kappa shape index (κ3) is 2.86. The van der Waals surface area contributed by atoms with E-state index in [-0.39, 0.29) is 5.91 Å². The van der Waals surface area contributed by atoms with E-state index in [1.165, 1.54) is 0 Å². The van der Waals surface area contributed by atoms with E-state index in [0.29, 0.717) is 5.92 Å². The number of carbonyl (C=O) groups is 1. The molecule has 4 heteroatoms. The SMILES string of the molecule is CN(C)c1cccc(C(=O)N2CCC(CBr)C2)c1. The molecule has 1 unspecified atom stereocenters. The summed E-state index contributed by atoms with van der Waals surface area (Å²) in [6, 6.07) is 7.82. The zero-order valence-corrected chi connectivity index (χ0v) is 12.5. The number of nitrogens with zero attached hydrogens (tertiary/aromatic N) is 2. The molecule has 1 atom stereocenters. The van der Waals surface area contributed by atoms with Crippen molar-refractivity contribution in [1.29, 1.82) is 0 Å². The van der Waals surface area contributed by atoms with Crippen molar-refractivity contribution >= 4 is 27.5 Å². The van der Waals surface area contributed by atoms with E-state index >= 15 is 0 Å². The molecule has 1 fully saturated rings. The number of halogens is 1. The third-order valence-corrected chi connectivity index (χ3v) is 4.32. The Morgan fingerprint density at radius 2 is 2.28 bits per heavy atom. The molecule has 0 bridgehead atoms. The van der Waals surface area contributed by atoms with Gasteiger partial charge in [-0.25, -0.2) is 0 Å². The first-order valence-electron chi connectivity index (χ1n) is 6.24. The van der Waals surface area contributed by atoms with Crippen LogP contribution < -0.4 is 4.90 Å². The Hall–Kier alpha value is -1.03. The van der Waals surface area contributed by atoms with Crippen molar-refractivity contribution in [3.05, 3.63) is 29.8 Å². The smallest absolute Gasteiger partial charge is 0.253 e. The van der Waals surface area contributed by atoms with Gasteiger partial charge in [0.2, 0.25) is 0 Å². The van der Waals surface area contributed by atoms with E-state index in [0.717, 1.165) is 36.1 Å². The average Bonchev–Trinajstić information content (AvgIpc) is 2.86. The van der Waals surface area contributed by atoms with Gasteiger partial charge in [-0.15, -0.1) is 0 Å². The lowest BCUT2D eigenvalue weighted by molar-refractivity contribution is 0.0788. The van der Waals surface area contributed by atoms with Crippen molar-refractivity contribution in [2.45, 2.75) is 6.42 Å². The molecule has 1 amide bonds. The van der Waals surface area contributed by atoms with Crippen LogP contribution in [-0.4, -0.2) is 43.3 Å². The quantitative estimate of drug-likeness (QED) is 0.801. The van der Waals surface area contributed by atoms with Crippen LogP contribution in [0.1, 0.15) is 16.8 Å². The second-order valence-electron chi connectivity index (χ2n) is 5.00. The monoisotopic (exact) mass is 310 g/mol. The number of rotatable bonds is 3. The highest BCUT2D eigenvalue weighted by Gasteiger charge is 2.26. The average molecular weight is 311 g/mol. The molecule has 1 aliphatic rings. The van der Waals surface area contributed by atoms with Crippen LogP contribution in [-0.2, 0) is 0 Å². The summed E-state index contributed by atoms with van der Waals surface area (Å²) in [5.74, 6) is 0.758. The Morgan fingerprint density at radius 3 is 2.89 bits per heavy atom. The zero-order chi connectivity index (χ0) is 13.1. The lowest BCUT2D eigenvalue weighted by atomic mass is 10.1. The first kappa shape index (κ1) is 13.4. The van der Waals surface area contributed by atoms with Crippen molar-refractivity contribution in [3.8, 4) is 0 Å². The van der Waals surface area contributed by atoms with Gasteiger partial charge < -0.3 is 9.80 Å². The number of hydrogen-bond donors (Lipinski definition) is 0. The van der Waals surface area contributed by atoms with Gasteiger partial charge in [0, 0.05) is 43.8 Å². The van der Waals surface area contributed by atoms with E-state index in [9.17, 15) is 4.79 Å². The molecular weight excluding hydrogens is 292 g/mol. The summed E-state index contributed by atoms with van der Waals surface area (Å²) in [4.78, 5) is 16.4. The maximum absolute atomic E-state index is 12.4. The van der Waals surface area contributed by atoms with E-state index in [4.69, 9.17) is 0 Å². The zero-order valence-electron chi connectivity index (χ0n) is 10.9. The normalized spacial score (nSPS) is 19.1. The van der Waals surface area contributed by atoms with Crippen molar-refractivity contribution in [2.24, 2.45) is 5.92 Å². The number of carbonyl (C=O) groups excluding carboxylic acids is 1. The Kier molecular flexibility index (Phi) is 4.27. The molecular formula is C14H19BrN2O. The van der Waals surface area contributed by atoms with Gasteiger partial charge in [-0.1, -0.05) is 22.0 Å². The lowest BCUT2D eigenvalue weighted by Gasteiger charge is -2.18. The predicted molar refractivity (Wildman–Crippen MR) is 78.6 cm³/mol. The maximum atomic E-state index is 12.4. The Labute approximate surface area is 117 Å². The van der Waals surface area contributed by atoms with Crippen molar-refractivity contribution < 1.29 is 4.79 Å². The standard InChI is InChI=1S/C14H19BrN2O/c1-16(2)13-5-3-4-12(8-13)14(18)17-7-6-11(9-15)10-17/h3-5,8,11H,6-7,9-10H2,1-2H3. The molecule has 2 rings (SSSR count). The summed E-state index contributed by atoms with van der Waals surface area (Å²) in [6.07, 6.45) is 1.10. The molecule has 0 N–H and O–H groups in total. The predicted octanol–water partition coefficient (Wildman–Crippen LogP) is 2.61. The van der Waals surface area contributed by atoms with Gasteiger partial charge in [0.25, 0.3) is 5.91 Å². The summed E-state index contributed by atoms with van der Waals surface area (Å²) >= 11 is 3.50. The summed E-state index contributed by atoms with van der Waals surface area (Å²) < 4.78 is 0. The van der Waals surface area contributed by atoms with Crippen LogP contribution in [0.3, 0.4) is 0 Å². The van der Waals surface area contributed by atoms with Crippen LogP contribution in [0.2, 0.25) is 0 Å². The van der Waals surface area contributed by atoms with E-state index in [2.05, 4.69) is 15.9 Å². The minimum Gasteiger partial charge on any atom is -0.378 e. The third-order valence-electron chi connectivity index (χ3n) is 3.40. The first-order chi connectivity index (χ1) is 8.61. The van der Waals surface area contributed by atoms with Crippen molar-refractivity contribution in [3.63, 3.8) is 0 Å². The minimum atomic E-state index is 0.155. The van der Waals surface area contributed by atoms with Crippen LogP contribution in [0.5, 0.6) is 0 Å².